The number of fused-ring (bicyclic) bond motifs is 1. The predicted octanol–water partition coefficient (Wildman–Crippen LogP) is -0.0260. The van der Waals surface area contributed by atoms with Crippen LogP contribution in [0.2, 0.25) is 0 Å². The first-order chi connectivity index (χ1) is 10.2. The van der Waals surface area contributed by atoms with Gasteiger partial charge in [0.2, 0.25) is 5.91 Å². The van der Waals surface area contributed by atoms with E-state index in [1.54, 1.807) is 0 Å². The Morgan fingerprint density at radius 2 is 2.09 bits per heavy atom. The molecule has 2 aliphatic rings. The van der Waals surface area contributed by atoms with Gasteiger partial charge in [0.25, 0.3) is 0 Å². The predicted molar refractivity (Wildman–Crippen MR) is 75.8 cm³/mol. The summed E-state index contributed by atoms with van der Waals surface area (Å²) in [6, 6.07) is -1.29. The zero-order valence-corrected chi connectivity index (χ0v) is 13.1. The standard InChI is InChI=1S/C13H16N2O6S/c1-5-6(21-12(18)20-5)4-19-11(17)8-13(2,3)22-10-7(14)9(16)15(8)10/h7-8,10H,4,14H2,1-3H3/t7-,8+,10-/m1/s1. The first-order valence-corrected chi connectivity index (χ1v) is 7.62. The van der Waals surface area contributed by atoms with Gasteiger partial charge in [0.15, 0.2) is 18.1 Å². The Morgan fingerprint density at radius 1 is 1.41 bits per heavy atom. The Morgan fingerprint density at radius 3 is 2.68 bits per heavy atom. The van der Waals surface area contributed by atoms with E-state index < -0.39 is 28.6 Å². The van der Waals surface area contributed by atoms with Gasteiger partial charge in [-0.15, -0.1) is 11.8 Å². The molecule has 3 heterocycles. The number of rotatable bonds is 3. The summed E-state index contributed by atoms with van der Waals surface area (Å²) in [7, 11) is 0. The van der Waals surface area contributed by atoms with Gasteiger partial charge in [-0.25, -0.2) is 9.59 Å². The topological polar surface area (TPSA) is 116 Å². The third-order valence-electron chi connectivity index (χ3n) is 3.89. The Labute approximate surface area is 129 Å². The van der Waals surface area contributed by atoms with Crippen molar-refractivity contribution in [2.75, 3.05) is 0 Å². The molecule has 9 heteroatoms. The number of carbonyl (C=O) groups is 2. The SMILES string of the molecule is Cc1oc(=O)oc1COC(=O)[C@@H]1N2C(=O)[C@@H](N)[C@H]2SC1(C)C. The summed E-state index contributed by atoms with van der Waals surface area (Å²) in [6.07, 6.45) is 0. The second-order valence-electron chi connectivity index (χ2n) is 5.83. The second kappa shape index (κ2) is 4.88. The highest BCUT2D eigenvalue weighted by molar-refractivity contribution is 8.01. The van der Waals surface area contributed by atoms with Crippen LogP contribution in [0.1, 0.15) is 25.4 Å². The minimum Gasteiger partial charge on any atom is -0.456 e. The maximum Gasteiger partial charge on any atom is 0.519 e. The van der Waals surface area contributed by atoms with Crippen LogP contribution in [0, 0.1) is 6.92 Å². The summed E-state index contributed by atoms with van der Waals surface area (Å²) in [5.74, 6) is -1.23. The van der Waals surface area contributed by atoms with Gasteiger partial charge in [0.1, 0.15) is 17.5 Å². The average molecular weight is 328 g/mol. The van der Waals surface area contributed by atoms with Crippen LogP contribution < -0.4 is 11.6 Å². The number of esters is 1. The molecular weight excluding hydrogens is 312 g/mol. The van der Waals surface area contributed by atoms with Gasteiger partial charge >= 0.3 is 11.8 Å². The molecule has 0 saturated carbocycles. The first-order valence-electron chi connectivity index (χ1n) is 6.74. The van der Waals surface area contributed by atoms with Gasteiger partial charge in [-0.2, -0.15) is 0 Å². The summed E-state index contributed by atoms with van der Waals surface area (Å²) in [4.78, 5) is 36.7. The van der Waals surface area contributed by atoms with Gasteiger partial charge in [-0.1, -0.05) is 0 Å². The van der Waals surface area contributed by atoms with Crippen molar-refractivity contribution < 1.29 is 23.2 Å². The van der Waals surface area contributed by atoms with Crippen molar-refractivity contribution in [1.82, 2.24) is 4.90 Å². The van der Waals surface area contributed by atoms with Crippen molar-refractivity contribution in [2.24, 2.45) is 5.73 Å². The van der Waals surface area contributed by atoms with Crippen molar-refractivity contribution in [3.05, 3.63) is 22.1 Å². The molecule has 0 radical (unpaired) electrons. The number of carbonyl (C=O) groups excluding carboxylic acids is 2. The molecule has 2 saturated heterocycles. The van der Waals surface area contributed by atoms with Gasteiger partial charge in [-0.05, 0) is 20.8 Å². The fourth-order valence-electron chi connectivity index (χ4n) is 2.74. The fourth-order valence-corrected chi connectivity index (χ4v) is 4.31. The van der Waals surface area contributed by atoms with E-state index in [9.17, 15) is 14.4 Å². The van der Waals surface area contributed by atoms with Gasteiger partial charge in [0, 0.05) is 4.75 Å². The lowest BCUT2D eigenvalue weighted by Crippen LogP contribution is -2.68. The van der Waals surface area contributed by atoms with Gasteiger partial charge in [0.05, 0.1) is 0 Å². The van der Waals surface area contributed by atoms with E-state index in [2.05, 4.69) is 0 Å². The Kier molecular flexibility index (Phi) is 3.37. The highest BCUT2D eigenvalue weighted by Crippen LogP contribution is 2.50. The van der Waals surface area contributed by atoms with Crippen LogP contribution in [0.5, 0.6) is 0 Å². The zero-order valence-electron chi connectivity index (χ0n) is 12.3. The molecule has 0 aliphatic carbocycles. The Balaban J connectivity index is 1.73. The molecular formula is C13H16N2O6S. The molecule has 3 atom stereocenters. The third-order valence-corrected chi connectivity index (χ3v) is 5.48. The normalized spacial score (nSPS) is 29.2. The van der Waals surface area contributed by atoms with Crippen LogP contribution in [-0.4, -0.2) is 39.0 Å². The number of hydrogen-bond donors (Lipinski definition) is 1. The lowest BCUT2D eigenvalue weighted by atomic mass is 9.96. The van der Waals surface area contributed by atoms with Crippen molar-refractivity contribution in [1.29, 1.82) is 0 Å². The highest BCUT2D eigenvalue weighted by Gasteiger charge is 2.63. The molecule has 22 heavy (non-hydrogen) atoms. The molecule has 0 bridgehead atoms. The Bertz CT molecular complexity index is 693. The minimum absolute atomic E-state index is 0.157. The summed E-state index contributed by atoms with van der Waals surface area (Å²) < 4.78 is 14.2. The molecule has 0 spiro atoms. The summed E-state index contributed by atoms with van der Waals surface area (Å²) in [5, 5.41) is -0.200. The number of β-lactam (4-membered cyclic amide) rings is 1. The largest absolute Gasteiger partial charge is 0.519 e. The van der Waals surface area contributed by atoms with E-state index in [-0.39, 0.29) is 29.4 Å². The zero-order chi connectivity index (χ0) is 16.2. The molecule has 120 valence electrons. The van der Waals surface area contributed by atoms with Gasteiger partial charge in [-0.3, -0.25) is 4.79 Å². The van der Waals surface area contributed by atoms with Crippen LogP contribution in [-0.2, 0) is 20.9 Å². The summed E-state index contributed by atoms with van der Waals surface area (Å²) >= 11 is 1.48. The monoisotopic (exact) mass is 328 g/mol. The number of nitrogens with two attached hydrogens (primary N) is 1. The third kappa shape index (κ3) is 2.15. The van der Waals surface area contributed by atoms with Crippen molar-refractivity contribution in [2.45, 2.75) is 49.6 Å². The molecule has 2 N–H and O–H groups in total. The quantitative estimate of drug-likeness (QED) is 0.607. The number of aryl methyl sites for hydroxylation is 1. The molecule has 2 aliphatic heterocycles. The molecule has 0 unspecified atom stereocenters. The number of thioether (sulfide) groups is 1. The highest BCUT2D eigenvalue weighted by atomic mass is 32.2. The number of ether oxygens (including phenoxy) is 1. The minimum atomic E-state index is -0.843. The average Bonchev–Trinajstić information content (AvgIpc) is 2.90. The molecule has 2 fully saturated rings. The van der Waals surface area contributed by atoms with Crippen LogP contribution >= 0.6 is 11.8 Å². The summed E-state index contributed by atoms with van der Waals surface area (Å²) in [6.45, 7) is 5.06. The van der Waals surface area contributed by atoms with Gasteiger partial charge < -0.3 is 24.2 Å². The summed E-state index contributed by atoms with van der Waals surface area (Å²) in [5.41, 5.74) is 5.75. The molecule has 1 aromatic heterocycles. The maximum atomic E-state index is 12.4. The molecule has 1 amide bonds. The number of nitrogens with zero attached hydrogens (tertiary/aromatic N) is 1. The smallest absolute Gasteiger partial charge is 0.456 e. The number of amides is 1. The van der Waals surface area contributed by atoms with Crippen LogP contribution in [0.25, 0.3) is 0 Å². The van der Waals surface area contributed by atoms with E-state index in [0.717, 1.165) is 0 Å². The van der Waals surface area contributed by atoms with Crippen molar-refractivity contribution in [3.63, 3.8) is 0 Å². The van der Waals surface area contributed by atoms with E-state index in [1.165, 1.54) is 23.6 Å². The molecule has 1 aromatic rings. The lowest BCUT2D eigenvalue weighted by molar-refractivity contribution is -0.164. The second-order valence-corrected chi connectivity index (χ2v) is 7.60. The van der Waals surface area contributed by atoms with Crippen molar-refractivity contribution in [3.8, 4) is 0 Å². The van der Waals surface area contributed by atoms with Crippen LogP contribution in [0.4, 0.5) is 0 Å². The molecule has 0 aromatic carbocycles. The van der Waals surface area contributed by atoms with E-state index >= 15 is 0 Å². The maximum absolute atomic E-state index is 12.4. The fraction of sp³-hybridized carbons (Fsp3) is 0.615. The molecule has 8 nitrogen and oxygen atoms in total. The van der Waals surface area contributed by atoms with E-state index in [4.69, 9.17) is 19.3 Å². The van der Waals surface area contributed by atoms with Crippen LogP contribution in [0.3, 0.4) is 0 Å². The van der Waals surface area contributed by atoms with E-state index in [1.807, 2.05) is 13.8 Å². The first kappa shape index (κ1) is 15.2. The van der Waals surface area contributed by atoms with E-state index in [0.29, 0.717) is 0 Å². The lowest BCUT2D eigenvalue weighted by Gasteiger charge is -2.41. The Hall–Kier alpha value is -1.74. The number of hydrogen-bond acceptors (Lipinski definition) is 8. The molecule has 3 rings (SSSR count). The van der Waals surface area contributed by atoms with Crippen LogP contribution in [0.15, 0.2) is 13.6 Å². The van der Waals surface area contributed by atoms with Crippen molar-refractivity contribution >= 4 is 23.6 Å².